The van der Waals surface area contributed by atoms with Crippen molar-refractivity contribution in [2.45, 2.75) is 19.4 Å². The van der Waals surface area contributed by atoms with Crippen molar-refractivity contribution in [1.82, 2.24) is 10.3 Å². The standard InChI is InChI=1S/C12H14N2O3/c1-12(2,6-15)14-11(16)8-3-4-10-9(5-8)13-7-17-10/h3-5,7,15H,6H2,1-2H3,(H,14,16). The van der Waals surface area contributed by atoms with Gasteiger partial charge in [-0.25, -0.2) is 4.98 Å². The lowest BCUT2D eigenvalue weighted by atomic mass is 10.1. The zero-order valence-corrected chi connectivity index (χ0v) is 9.73. The maximum atomic E-state index is 11.9. The van der Waals surface area contributed by atoms with Gasteiger partial charge in [0.05, 0.1) is 12.1 Å². The molecular weight excluding hydrogens is 220 g/mol. The van der Waals surface area contributed by atoms with Gasteiger partial charge in [-0.05, 0) is 32.0 Å². The molecule has 5 heteroatoms. The summed E-state index contributed by atoms with van der Waals surface area (Å²) in [6, 6.07) is 5.01. The Kier molecular flexibility index (Phi) is 2.85. The minimum atomic E-state index is -0.643. The lowest BCUT2D eigenvalue weighted by Gasteiger charge is -2.23. The van der Waals surface area contributed by atoms with Crippen LogP contribution in [0, 0.1) is 0 Å². The molecule has 2 rings (SSSR count). The molecule has 0 aliphatic carbocycles. The highest BCUT2D eigenvalue weighted by Crippen LogP contribution is 2.14. The molecule has 17 heavy (non-hydrogen) atoms. The fourth-order valence-electron chi connectivity index (χ4n) is 1.42. The Hall–Kier alpha value is -1.88. The van der Waals surface area contributed by atoms with E-state index in [1.54, 1.807) is 32.0 Å². The zero-order chi connectivity index (χ0) is 12.5. The molecule has 0 unspecified atom stereocenters. The number of fused-ring (bicyclic) bond motifs is 1. The van der Waals surface area contributed by atoms with Gasteiger partial charge in [-0.15, -0.1) is 0 Å². The first kappa shape index (κ1) is 11.6. The summed E-state index contributed by atoms with van der Waals surface area (Å²) in [5, 5.41) is 11.8. The summed E-state index contributed by atoms with van der Waals surface area (Å²) in [6.07, 6.45) is 1.34. The van der Waals surface area contributed by atoms with Crippen molar-refractivity contribution in [3.05, 3.63) is 30.2 Å². The average molecular weight is 234 g/mol. The Bertz CT molecular complexity index is 545. The Labute approximate surface area is 98.5 Å². The molecule has 1 heterocycles. The van der Waals surface area contributed by atoms with Crippen LogP contribution in [-0.4, -0.2) is 28.1 Å². The molecule has 2 N–H and O–H groups in total. The largest absolute Gasteiger partial charge is 0.443 e. The number of aromatic nitrogens is 1. The lowest BCUT2D eigenvalue weighted by molar-refractivity contribution is 0.0869. The quantitative estimate of drug-likeness (QED) is 0.840. The first-order valence-electron chi connectivity index (χ1n) is 5.28. The van der Waals surface area contributed by atoms with Crippen LogP contribution in [0.1, 0.15) is 24.2 Å². The molecule has 0 saturated carbocycles. The van der Waals surface area contributed by atoms with Gasteiger partial charge in [0.2, 0.25) is 0 Å². The second kappa shape index (κ2) is 4.18. The third kappa shape index (κ3) is 2.45. The fourth-order valence-corrected chi connectivity index (χ4v) is 1.42. The van der Waals surface area contributed by atoms with E-state index in [1.807, 2.05) is 0 Å². The van der Waals surface area contributed by atoms with Crippen molar-refractivity contribution >= 4 is 17.0 Å². The molecule has 2 aromatic rings. The van der Waals surface area contributed by atoms with E-state index in [0.29, 0.717) is 16.7 Å². The van der Waals surface area contributed by atoms with Gasteiger partial charge in [-0.2, -0.15) is 0 Å². The summed E-state index contributed by atoms with van der Waals surface area (Å²) in [7, 11) is 0. The van der Waals surface area contributed by atoms with Crippen molar-refractivity contribution in [2.75, 3.05) is 6.61 Å². The van der Waals surface area contributed by atoms with Gasteiger partial charge in [0.25, 0.3) is 5.91 Å². The summed E-state index contributed by atoms with van der Waals surface area (Å²) in [5.74, 6) is -0.242. The molecule has 0 bridgehead atoms. The predicted molar refractivity (Wildman–Crippen MR) is 62.6 cm³/mol. The van der Waals surface area contributed by atoms with Crippen LogP contribution < -0.4 is 5.32 Å². The topological polar surface area (TPSA) is 75.4 Å². The molecule has 1 amide bonds. The monoisotopic (exact) mass is 234 g/mol. The van der Waals surface area contributed by atoms with E-state index in [9.17, 15) is 4.79 Å². The number of hydrogen-bond donors (Lipinski definition) is 2. The SMILES string of the molecule is CC(C)(CO)NC(=O)c1ccc2ocnc2c1. The Morgan fingerprint density at radius 3 is 3.00 bits per heavy atom. The van der Waals surface area contributed by atoms with Crippen molar-refractivity contribution in [1.29, 1.82) is 0 Å². The van der Waals surface area contributed by atoms with E-state index >= 15 is 0 Å². The number of nitrogens with zero attached hydrogens (tertiary/aromatic N) is 1. The highest BCUT2D eigenvalue weighted by atomic mass is 16.3. The average Bonchev–Trinajstić information content (AvgIpc) is 2.75. The van der Waals surface area contributed by atoms with Gasteiger partial charge < -0.3 is 14.8 Å². The molecular formula is C12H14N2O3. The second-order valence-electron chi connectivity index (χ2n) is 4.53. The van der Waals surface area contributed by atoms with Crippen LogP contribution >= 0.6 is 0 Å². The number of carbonyl (C=O) groups is 1. The predicted octanol–water partition coefficient (Wildman–Crippen LogP) is 1.33. The van der Waals surface area contributed by atoms with E-state index in [1.165, 1.54) is 6.39 Å². The van der Waals surface area contributed by atoms with Crippen LogP contribution in [0.2, 0.25) is 0 Å². The third-order valence-electron chi connectivity index (χ3n) is 2.44. The van der Waals surface area contributed by atoms with Gasteiger partial charge in [-0.3, -0.25) is 4.79 Å². The van der Waals surface area contributed by atoms with Crippen molar-refractivity contribution in [3.63, 3.8) is 0 Å². The minimum Gasteiger partial charge on any atom is -0.443 e. The van der Waals surface area contributed by atoms with Gasteiger partial charge in [0, 0.05) is 5.56 Å². The molecule has 0 saturated heterocycles. The fraction of sp³-hybridized carbons (Fsp3) is 0.333. The van der Waals surface area contributed by atoms with Gasteiger partial charge >= 0.3 is 0 Å². The first-order valence-corrected chi connectivity index (χ1v) is 5.28. The number of aliphatic hydroxyl groups excluding tert-OH is 1. The van der Waals surface area contributed by atoms with Gasteiger partial charge in [0.15, 0.2) is 12.0 Å². The molecule has 0 radical (unpaired) electrons. The molecule has 5 nitrogen and oxygen atoms in total. The zero-order valence-electron chi connectivity index (χ0n) is 9.73. The van der Waals surface area contributed by atoms with Crippen LogP contribution in [0.3, 0.4) is 0 Å². The summed E-state index contributed by atoms with van der Waals surface area (Å²) in [6.45, 7) is 3.38. The number of nitrogens with one attached hydrogen (secondary N) is 1. The maximum Gasteiger partial charge on any atom is 0.251 e. The highest BCUT2D eigenvalue weighted by Gasteiger charge is 2.20. The number of amides is 1. The molecule has 90 valence electrons. The van der Waals surface area contributed by atoms with Crippen LogP contribution in [0.25, 0.3) is 11.1 Å². The Morgan fingerprint density at radius 1 is 1.53 bits per heavy atom. The highest BCUT2D eigenvalue weighted by molar-refractivity contribution is 5.97. The maximum absolute atomic E-state index is 11.9. The van der Waals surface area contributed by atoms with Crippen LogP contribution in [-0.2, 0) is 0 Å². The number of hydrogen-bond acceptors (Lipinski definition) is 4. The number of rotatable bonds is 3. The first-order chi connectivity index (χ1) is 8.02. The molecule has 0 aliphatic heterocycles. The third-order valence-corrected chi connectivity index (χ3v) is 2.44. The Balaban J connectivity index is 2.24. The minimum absolute atomic E-state index is 0.120. The molecule has 0 aliphatic rings. The van der Waals surface area contributed by atoms with Crippen molar-refractivity contribution in [3.8, 4) is 0 Å². The second-order valence-corrected chi connectivity index (χ2v) is 4.53. The van der Waals surface area contributed by atoms with E-state index in [4.69, 9.17) is 9.52 Å². The molecule has 0 fully saturated rings. The number of oxazole rings is 1. The summed E-state index contributed by atoms with van der Waals surface area (Å²) in [4.78, 5) is 15.9. The van der Waals surface area contributed by atoms with E-state index in [-0.39, 0.29) is 12.5 Å². The van der Waals surface area contributed by atoms with E-state index < -0.39 is 5.54 Å². The van der Waals surface area contributed by atoms with Crippen molar-refractivity contribution < 1.29 is 14.3 Å². The van der Waals surface area contributed by atoms with E-state index in [2.05, 4.69) is 10.3 Å². The van der Waals surface area contributed by atoms with Crippen molar-refractivity contribution in [2.24, 2.45) is 0 Å². The molecule has 0 spiro atoms. The summed E-state index contributed by atoms with van der Waals surface area (Å²) >= 11 is 0. The number of carbonyl (C=O) groups excluding carboxylic acids is 1. The van der Waals surface area contributed by atoms with Gasteiger partial charge in [-0.1, -0.05) is 0 Å². The molecule has 0 atom stereocenters. The molecule has 1 aromatic heterocycles. The Morgan fingerprint density at radius 2 is 2.29 bits per heavy atom. The summed E-state index contributed by atoms with van der Waals surface area (Å²) in [5.41, 5.74) is 1.13. The van der Waals surface area contributed by atoms with Crippen LogP contribution in [0.15, 0.2) is 29.0 Å². The number of benzene rings is 1. The lowest BCUT2D eigenvalue weighted by Crippen LogP contribution is -2.46. The van der Waals surface area contributed by atoms with Gasteiger partial charge in [0.1, 0.15) is 5.52 Å². The number of aliphatic hydroxyl groups is 1. The molecule has 1 aromatic carbocycles. The smallest absolute Gasteiger partial charge is 0.251 e. The van der Waals surface area contributed by atoms with E-state index in [0.717, 1.165) is 0 Å². The van der Waals surface area contributed by atoms with Crippen LogP contribution in [0.5, 0.6) is 0 Å². The normalized spacial score (nSPS) is 11.7. The van der Waals surface area contributed by atoms with Crippen LogP contribution in [0.4, 0.5) is 0 Å². The summed E-state index contributed by atoms with van der Waals surface area (Å²) < 4.78 is 5.09.